The Labute approximate surface area is 182 Å². The van der Waals surface area contributed by atoms with Crippen molar-refractivity contribution in [1.29, 1.82) is 0 Å². The van der Waals surface area contributed by atoms with Gasteiger partial charge in [-0.1, -0.05) is 42.1 Å². The minimum absolute atomic E-state index is 0.00974. The Morgan fingerprint density at radius 3 is 2.80 bits per heavy atom. The van der Waals surface area contributed by atoms with Crippen molar-refractivity contribution < 1.29 is 19.1 Å². The van der Waals surface area contributed by atoms with E-state index < -0.39 is 0 Å². The van der Waals surface area contributed by atoms with Gasteiger partial charge in [-0.25, -0.2) is 4.98 Å². The third-order valence-electron chi connectivity index (χ3n) is 4.57. The lowest BCUT2D eigenvalue weighted by Gasteiger charge is -2.13. The fraction of sp³-hybridized carbons (Fsp3) is 0.227. The molecule has 1 N–H and O–H groups in total. The fourth-order valence-corrected chi connectivity index (χ4v) is 4.74. The molecule has 0 bridgehead atoms. The summed E-state index contributed by atoms with van der Waals surface area (Å²) in [7, 11) is 0. The van der Waals surface area contributed by atoms with E-state index in [0.717, 1.165) is 9.90 Å². The van der Waals surface area contributed by atoms with E-state index in [4.69, 9.17) is 9.47 Å². The van der Waals surface area contributed by atoms with Gasteiger partial charge in [0.2, 0.25) is 12.7 Å². The molecule has 4 rings (SSSR count). The van der Waals surface area contributed by atoms with Crippen LogP contribution in [0.4, 0.5) is 0 Å². The third kappa shape index (κ3) is 5.01. The van der Waals surface area contributed by atoms with E-state index in [-0.39, 0.29) is 36.7 Å². The van der Waals surface area contributed by atoms with Gasteiger partial charge >= 0.3 is 0 Å². The lowest BCUT2D eigenvalue weighted by atomic mass is 10.1. The molecule has 1 aliphatic rings. The summed E-state index contributed by atoms with van der Waals surface area (Å²) in [6.45, 7) is 2.14. The maximum absolute atomic E-state index is 12.5. The van der Waals surface area contributed by atoms with Crippen molar-refractivity contribution >= 4 is 34.8 Å². The normalized spacial score (nSPS) is 13.1. The Morgan fingerprint density at radius 1 is 1.17 bits per heavy atom. The van der Waals surface area contributed by atoms with Crippen LogP contribution in [0.1, 0.15) is 34.6 Å². The Bertz CT molecular complexity index is 1050. The van der Waals surface area contributed by atoms with E-state index in [0.29, 0.717) is 22.8 Å². The van der Waals surface area contributed by atoms with Crippen LogP contribution in [0.2, 0.25) is 0 Å². The number of thiazole rings is 1. The molecule has 0 saturated carbocycles. The van der Waals surface area contributed by atoms with Crippen molar-refractivity contribution in [2.24, 2.45) is 0 Å². The van der Waals surface area contributed by atoms with Crippen molar-refractivity contribution in [1.82, 2.24) is 10.3 Å². The Hall–Kier alpha value is -2.84. The number of Topliss-reactive ketones (excluding diaryl/α,β-unsaturated/α-hetero) is 1. The zero-order valence-corrected chi connectivity index (χ0v) is 17.9. The lowest BCUT2D eigenvalue weighted by molar-refractivity contribution is -0.121. The average Bonchev–Trinajstić information content (AvgIpc) is 3.41. The SMILES string of the molecule is CC(NC(=O)Cc1csc(SCC(=O)c2ccc3c(c2)OCO3)n1)c1ccccc1. The zero-order chi connectivity index (χ0) is 20.9. The summed E-state index contributed by atoms with van der Waals surface area (Å²) < 4.78 is 11.4. The molecule has 0 spiro atoms. The summed E-state index contributed by atoms with van der Waals surface area (Å²) in [6, 6.07) is 14.9. The van der Waals surface area contributed by atoms with Gasteiger partial charge in [0.25, 0.3) is 0 Å². The number of nitrogens with zero attached hydrogens (tertiary/aromatic N) is 1. The summed E-state index contributed by atoms with van der Waals surface area (Å²) in [5, 5.41) is 4.85. The van der Waals surface area contributed by atoms with Crippen LogP contribution in [0.25, 0.3) is 0 Å². The number of ketones is 1. The van der Waals surface area contributed by atoms with Crippen LogP contribution in [0.5, 0.6) is 11.5 Å². The number of hydrogen-bond donors (Lipinski definition) is 1. The molecule has 1 unspecified atom stereocenters. The molecule has 2 aromatic carbocycles. The predicted octanol–water partition coefficient (Wildman–Crippen LogP) is 4.27. The molecule has 0 radical (unpaired) electrons. The number of carbonyl (C=O) groups is 2. The highest BCUT2D eigenvalue weighted by Crippen LogP contribution is 2.33. The first-order valence-corrected chi connectivity index (χ1v) is 11.3. The molecule has 1 amide bonds. The molecule has 3 aromatic rings. The number of hydrogen-bond acceptors (Lipinski definition) is 7. The Balaban J connectivity index is 1.27. The fourth-order valence-electron chi connectivity index (χ4n) is 3.00. The maximum Gasteiger partial charge on any atom is 0.231 e. The molecule has 30 heavy (non-hydrogen) atoms. The van der Waals surface area contributed by atoms with Crippen LogP contribution in [-0.2, 0) is 11.2 Å². The van der Waals surface area contributed by atoms with Gasteiger partial charge in [-0.15, -0.1) is 11.3 Å². The summed E-state index contributed by atoms with van der Waals surface area (Å²) >= 11 is 2.81. The predicted molar refractivity (Wildman–Crippen MR) is 116 cm³/mol. The molecule has 0 aliphatic carbocycles. The Morgan fingerprint density at radius 2 is 1.97 bits per heavy atom. The summed E-state index contributed by atoms with van der Waals surface area (Å²) in [6.07, 6.45) is 0.213. The van der Waals surface area contributed by atoms with Crippen molar-refractivity contribution in [3.63, 3.8) is 0 Å². The molecule has 1 atom stereocenters. The Kier molecular flexibility index (Phi) is 6.35. The first-order valence-electron chi connectivity index (χ1n) is 9.43. The standard InChI is InChI=1S/C22H20N2O4S2/c1-14(15-5-3-2-4-6-15)23-21(26)10-17-11-29-22(24-17)30-12-18(25)16-7-8-19-20(9-16)28-13-27-19/h2-9,11,14H,10,12-13H2,1H3,(H,23,26). The first kappa shape index (κ1) is 20.4. The monoisotopic (exact) mass is 440 g/mol. The highest BCUT2D eigenvalue weighted by atomic mass is 32.2. The van der Waals surface area contributed by atoms with Crippen molar-refractivity contribution in [3.8, 4) is 11.5 Å². The summed E-state index contributed by atoms with van der Waals surface area (Å²) in [5.41, 5.74) is 2.34. The van der Waals surface area contributed by atoms with Crippen LogP contribution in [-0.4, -0.2) is 29.2 Å². The number of fused-ring (bicyclic) bond motifs is 1. The van der Waals surface area contributed by atoms with E-state index in [1.165, 1.54) is 23.1 Å². The second-order valence-corrected chi connectivity index (χ2v) is 8.84. The molecule has 0 fully saturated rings. The number of rotatable bonds is 8. The second kappa shape index (κ2) is 9.32. The van der Waals surface area contributed by atoms with Crippen LogP contribution in [0, 0.1) is 0 Å². The molecule has 1 aliphatic heterocycles. The van der Waals surface area contributed by atoms with Gasteiger partial charge in [0.1, 0.15) is 0 Å². The highest BCUT2D eigenvalue weighted by Gasteiger charge is 2.17. The van der Waals surface area contributed by atoms with Crippen LogP contribution in [0.3, 0.4) is 0 Å². The van der Waals surface area contributed by atoms with Crippen molar-refractivity contribution in [2.45, 2.75) is 23.7 Å². The van der Waals surface area contributed by atoms with Crippen molar-refractivity contribution in [3.05, 3.63) is 70.7 Å². The molecule has 154 valence electrons. The minimum Gasteiger partial charge on any atom is -0.454 e. The van der Waals surface area contributed by atoms with Gasteiger partial charge in [-0.2, -0.15) is 0 Å². The first-order chi connectivity index (χ1) is 14.6. The smallest absolute Gasteiger partial charge is 0.231 e. The molecule has 2 heterocycles. The lowest BCUT2D eigenvalue weighted by Crippen LogP contribution is -2.28. The van der Waals surface area contributed by atoms with Crippen molar-refractivity contribution in [2.75, 3.05) is 12.5 Å². The third-order valence-corrected chi connectivity index (χ3v) is 6.64. The van der Waals surface area contributed by atoms with Gasteiger partial charge in [0.15, 0.2) is 21.6 Å². The number of aromatic nitrogens is 1. The van der Waals surface area contributed by atoms with E-state index in [1.807, 2.05) is 42.6 Å². The molecule has 0 saturated heterocycles. The molecular formula is C22H20N2O4S2. The van der Waals surface area contributed by atoms with Gasteiger partial charge < -0.3 is 14.8 Å². The molecular weight excluding hydrogens is 420 g/mol. The van der Waals surface area contributed by atoms with Gasteiger partial charge in [0.05, 0.1) is 23.9 Å². The van der Waals surface area contributed by atoms with E-state index >= 15 is 0 Å². The number of nitrogens with one attached hydrogen (secondary N) is 1. The number of ether oxygens (including phenoxy) is 2. The van der Waals surface area contributed by atoms with Gasteiger partial charge in [-0.05, 0) is 30.7 Å². The van der Waals surface area contributed by atoms with E-state index in [1.54, 1.807) is 18.2 Å². The largest absolute Gasteiger partial charge is 0.454 e. The minimum atomic E-state index is -0.0790. The van der Waals surface area contributed by atoms with E-state index in [2.05, 4.69) is 10.3 Å². The van der Waals surface area contributed by atoms with Crippen LogP contribution in [0.15, 0.2) is 58.3 Å². The molecule has 1 aromatic heterocycles. The number of benzene rings is 2. The number of amides is 1. The number of thioether (sulfide) groups is 1. The zero-order valence-electron chi connectivity index (χ0n) is 16.3. The summed E-state index contributed by atoms with van der Waals surface area (Å²) in [5.74, 6) is 1.43. The maximum atomic E-state index is 12.5. The average molecular weight is 441 g/mol. The van der Waals surface area contributed by atoms with Crippen LogP contribution < -0.4 is 14.8 Å². The summed E-state index contributed by atoms with van der Waals surface area (Å²) in [4.78, 5) is 29.3. The van der Waals surface area contributed by atoms with Gasteiger partial charge in [0, 0.05) is 10.9 Å². The molecule has 6 nitrogen and oxygen atoms in total. The second-order valence-electron chi connectivity index (χ2n) is 6.76. The molecule has 8 heteroatoms. The van der Waals surface area contributed by atoms with Gasteiger partial charge in [-0.3, -0.25) is 9.59 Å². The topological polar surface area (TPSA) is 77.5 Å². The highest BCUT2D eigenvalue weighted by molar-refractivity contribution is 8.01. The van der Waals surface area contributed by atoms with E-state index in [9.17, 15) is 9.59 Å². The quantitative estimate of drug-likeness (QED) is 0.416. The van der Waals surface area contributed by atoms with Crippen LogP contribution >= 0.6 is 23.1 Å². The number of carbonyl (C=O) groups excluding carboxylic acids is 2.